The van der Waals surface area contributed by atoms with Crippen LogP contribution in [0.15, 0.2) is 67.3 Å². The number of rotatable bonds is 6. The van der Waals surface area contributed by atoms with Crippen LogP contribution in [0.4, 0.5) is 10.1 Å². The number of aryl methyl sites for hydroxylation is 1. The number of piperidine rings is 1. The highest BCUT2D eigenvalue weighted by Gasteiger charge is 2.27. The molecule has 0 unspecified atom stereocenters. The third kappa shape index (κ3) is 5.17. The Labute approximate surface area is 180 Å². The quantitative estimate of drug-likeness (QED) is 0.659. The molecule has 1 aromatic heterocycles. The number of halogens is 1. The molecule has 1 N–H and O–H groups in total. The summed E-state index contributed by atoms with van der Waals surface area (Å²) in [5, 5.41) is 2.81. The SMILES string of the molecule is O=C(Nc1ccc(-n2ccnc2)c(F)c1)C1CCN(C(=O)CCc2ccccc2)CC1. The van der Waals surface area contributed by atoms with Crippen molar-refractivity contribution in [2.45, 2.75) is 25.7 Å². The highest BCUT2D eigenvalue weighted by molar-refractivity contribution is 5.92. The summed E-state index contributed by atoms with van der Waals surface area (Å²) < 4.78 is 16.0. The number of likely N-dealkylation sites (tertiary alicyclic amines) is 1. The maximum absolute atomic E-state index is 14.4. The number of nitrogens with zero attached hydrogens (tertiary/aromatic N) is 3. The summed E-state index contributed by atoms with van der Waals surface area (Å²) in [5.74, 6) is -0.629. The van der Waals surface area contributed by atoms with E-state index in [1.54, 1.807) is 29.1 Å². The second-order valence-electron chi connectivity index (χ2n) is 7.77. The molecule has 0 atom stereocenters. The molecule has 1 fully saturated rings. The van der Waals surface area contributed by atoms with E-state index in [9.17, 15) is 14.0 Å². The number of benzene rings is 2. The van der Waals surface area contributed by atoms with Crippen molar-refractivity contribution < 1.29 is 14.0 Å². The van der Waals surface area contributed by atoms with E-state index >= 15 is 0 Å². The number of hydrogen-bond donors (Lipinski definition) is 1. The molecule has 0 saturated carbocycles. The first-order valence-electron chi connectivity index (χ1n) is 10.5. The van der Waals surface area contributed by atoms with Gasteiger partial charge in [-0.25, -0.2) is 9.37 Å². The van der Waals surface area contributed by atoms with E-state index in [4.69, 9.17) is 0 Å². The van der Waals surface area contributed by atoms with E-state index in [-0.39, 0.29) is 17.7 Å². The summed E-state index contributed by atoms with van der Waals surface area (Å²) in [4.78, 5) is 30.9. The van der Waals surface area contributed by atoms with Crippen LogP contribution >= 0.6 is 0 Å². The topological polar surface area (TPSA) is 67.2 Å². The molecule has 2 amide bonds. The number of anilines is 1. The van der Waals surface area contributed by atoms with Gasteiger partial charge in [0.2, 0.25) is 11.8 Å². The minimum absolute atomic E-state index is 0.125. The Hall–Kier alpha value is -3.48. The van der Waals surface area contributed by atoms with Crippen LogP contribution in [0, 0.1) is 11.7 Å². The molecule has 0 spiro atoms. The Balaban J connectivity index is 1.26. The van der Waals surface area contributed by atoms with Gasteiger partial charge in [0.15, 0.2) is 0 Å². The average molecular weight is 420 g/mol. The monoisotopic (exact) mass is 420 g/mol. The van der Waals surface area contributed by atoms with Gasteiger partial charge in [-0.2, -0.15) is 0 Å². The molecular weight excluding hydrogens is 395 g/mol. The Morgan fingerprint density at radius 3 is 2.55 bits per heavy atom. The van der Waals surface area contributed by atoms with E-state index in [2.05, 4.69) is 10.3 Å². The van der Waals surface area contributed by atoms with E-state index in [1.807, 2.05) is 35.2 Å². The van der Waals surface area contributed by atoms with E-state index in [0.717, 1.165) is 12.0 Å². The Morgan fingerprint density at radius 2 is 1.87 bits per heavy atom. The smallest absolute Gasteiger partial charge is 0.227 e. The van der Waals surface area contributed by atoms with Crippen LogP contribution in [0.2, 0.25) is 0 Å². The highest BCUT2D eigenvalue weighted by Crippen LogP contribution is 2.22. The highest BCUT2D eigenvalue weighted by atomic mass is 19.1. The van der Waals surface area contributed by atoms with Gasteiger partial charge in [0.05, 0.1) is 12.0 Å². The number of amides is 2. The molecule has 2 heterocycles. The van der Waals surface area contributed by atoms with Crippen LogP contribution in [-0.2, 0) is 16.0 Å². The van der Waals surface area contributed by atoms with Crippen LogP contribution in [0.3, 0.4) is 0 Å². The zero-order chi connectivity index (χ0) is 21.6. The third-order valence-corrected chi connectivity index (χ3v) is 5.69. The van der Waals surface area contributed by atoms with Crippen molar-refractivity contribution in [3.05, 3.63) is 78.6 Å². The summed E-state index contributed by atoms with van der Waals surface area (Å²) in [5.41, 5.74) is 1.95. The van der Waals surface area contributed by atoms with Gasteiger partial charge in [0.25, 0.3) is 0 Å². The molecule has 1 saturated heterocycles. The van der Waals surface area contributed by atoms with Crippen molar-refractivity contribution >= 4 is 17.5 Å². The molecule has 31 heavy (non-hydrogen) atoms. The first kappa shape index (κ1) is 20.8. The van der Waals surface area contributed by atoms with E-state index in [1.165, 1.54) is 12.4 Å². The molecule has 2 aromatic carbocycles. The van der Waals surface area contributed by atoms with Gasteiger partial charge in [0, 0.05) is 43.5 Å². The lowest BCUT2D eigenvalue weighted by Gasteiger charge is -2.31. The van der Waals surface area contributed by atoms with E-state index in [0.29, 0.717) is 43.7 Å². The first-order valence-corrected chi connectivity index (χ1v) is 10.5. The lowest BCUT2D eigenvalue weighted by atomic mass is 9.95. The fourth-order valence-corrected chi connectivity index (χ4v) is 3.89. The molecule has 160 valence electrons. The lowest BCUT2D eigenvalue weighted by molar-refractivity contribution is -0.134. The number of hydrogen-bond acceptors (Lipinski definition) is 3. The zero-order valence-electron chi connectivity index (χ0n) is 17.2. The molecule has 7 heteroatoms. The van der Waals surface area contributed by atoms with Crippen LogP contribution < -0.4 is 5.32 Å². The number of carbonyl (C=O) groups excluding carboxylic acids is 2. The predicted molar refractivity (Wildman–Crippen MR) is 116 cm³/mol. The molecule has 1 aliphatic heterocycles. The standard InChI is InChI=1S/C24H25FN4O2/c25-21-16-20(7-8-22(21)29-15-12-26-17-29)27-24(31)19-10-13-28(14-11-19)23(30)9-6-18-4-2-1-3-5-18/h1-5,7-8,12,15-17,19H,6,9-11,13-14H2,(H,27,31). The fourth-order valence-electron chi connectivity index (χ4n) is 3.89. The zero-order valence-corrected chi connectivity index (χ0v) is 17.2. The molecule has 3 aromatic rings. The summed E-state index contributed by atoms with van der Waals surface area (Å²) in [7, 11) is 0. The Morgan fingerprint density at radius 1 is 1.10 bits per heavy atom. The van der Waals surface area contributed by atoms with Crippen LogP contribution in [0.25, 0.3) is 5.69 Å². The van der Waals surface area contributed by atoms with Crippen LogP contribution in [0.1, 0.15) is 24.8 Å². The fraction of sp³-hybridized carbons (Fsp3) is 0.292. The Bertz CT molecular complexity index is 1030. The van der Waals surface area contributed by atoms with Crippen molar-refractivity contribution in [3.63, 3.8) is 0 Å². The number of aromatic nitrogens is 2. The summed E-state index contributed by atoms with van der Waals surface area (Å²) in [6, 6.07) is 14.6. The molecular formula is C24H25FN4O2. The normalized spacial score (nSPS) is 14.4. The second kappa shape index (κ2) is 9.55. The average Bonchev–Trinajstić information content (AvgIpc) is 3.33. The maximum atomic E-state index is 14.4. The second-order valence-corrected chi connectivity index (χ2v) is 7.77. The van der Waals surface area contributed by atoms with Crippen molar-refractivity contribution in [2.24, 2.45) is 5.92 Å². The van der Waals surface area contributed by atoms with Crippen molar-refractivity contribution in [1.29, 1.82) is 0 Å². The Kier molecular flexibility index (Phi) is 6.40. The van der Waals surface area contributed by atoms with Crippen molar-refractivity contribution in [1.82, 2.24) is 14.5 Å². The molecule has 6 nitrogen and oxygen atoms in total. The van der Waals surface area contributed by atoms with Gasteiger partial charge in [-0.1, -0.05) is 30.3 Å². The van der Waals surface area contributed by atoms with Gasteiger partial charge in [0.1, 0.15) is 5.82 Å². The van der Waals surface area contributed by atoms with Gasteiger partial charge in [-0.05, 0) is 43.0 Å². The third-order valence-electron chi connectivity index (χ3n) is 5.69. The van der Waals surface area contributed by atoms with Gasteiger partial charge in [-0.15, -0.1) is 0 Å². The van der Waals surface area contributed by atoms with Crippen molar-refractivity contribution in [3.8, 4) is 5.69 Å². The largest absolute Gasteiger partial charge is 0.343 e. The van der Waals surface area contributed by atoms with Crippen molar-refractivity contribution in [2.75, 3.05) is 18.4 Å². The predicted octanol–water partition coefficient (Wildman–Crippen LogP) is 3.82. The number of carbonyl (C=O) groups is 2. The van der Waals surface area contributed by atoms with Gasteiger partial charge >= 0.3 is 0 Å². The lowest BCUT2D eigenvalue weighted by Crippen LogP contribution is -2.41. The number of imidazole rings is 1. The molecule has 1 aliphatic rings. The summed E-state index contributed by atoms with van der Waals surface area (Å²) in [6.07, 6.45) is 7.17. The minimum atomic E-state index is -0.436. The van der Waals surface area contributed by atoms with Gasteiger partial charge < -0.3 is 14.8 Å². The summed E-state index contributed by atoms with van der Waals surface area (Å²) in [6.45, 7) is 1.14. The van der Waals surface area contributed by atoms with Crippen LogP contribution in [-0.4, -0.2) is 39.4 Å². The van der Waals surface area contributed by atoms with Crippen LogP contribution in [0.5, 0.6) is 0 Å². The summed E-state index contributed by atoms with van der Waals surface area (Å²) >= 11 is 0. The first-order chi connectivity index (χ1) is 15.1. The van der Waals surface area contributed by atoms with Gasteiger partial charge in [-0.3, -0.25) is 9.59 Å². The molecule has 0 aliphatic carbocycles. The number of nitrogens with one attached hydrogen (secondary N) is 1. The molecule has 0 radical (unpaired) electrons. The van der Waals surface area contributed by atoms with E-state index < -0.39 is 5.82 Å². The molecule has 4 rings (SSSR count). The molecule has 0 bridgehead atoms. The maximum Gasteiger partial charge on any atom is 0.227 e. The minimum Gasteiger partial charge on any atom is -0.343 e.